The topological polar surface area (TPSA) is 55.1 Å². The van der Waals surface area contributed by atoms with Crippen molar-refractivity contribution in [3.8, 4) is 0 Å². The molecule has 0 heterocycles. The van der Waals surface area contributed by atoms with Crippen molar-refractivity contribution in [3.63, 3.8) is 0 Å². The van der Waals surface area contributed by atoms with Crippen molar-refractivity contribution < 1.29 is 4.79 Å². The molecular formula is C19H30N2O. The predicted molar refractivity (Wildman–Crippen MR) is 91.8 cm³/mol. The second-order valence-corrected chi connectivity index (χ2v) is 6.85. The van der Waals surface area contributed by atoms with Crippen molar-refractivity contribution in [2.45, 2.75) is 64.3 Å². The van der Waals surface area contributed by atoms with Crippen molar-refractivity contribution in [1.82, 2.24) is 5.32 Å². The average molecular weight is 302 g/mol. The first-order valence-electron chi connectivity index (χ1n) is 8.68. The third-order valence-corrected chi connectivity index (χ3v) is 4.85. The van der Waals surface area contributed by atoms with E-state index in [2.05, 4.69) is 43.4 Å². The molecule has 1 aromatic carbocycles. The zero-order valence-electron chi connectivity index (χ0n) is 14.0. The van der Waals surface area contributed by atoms with Gasteiger partial charge in [0.25, 0.3) is 0 Å². The summed E-state index contributed by atoms with van der Waals surface area (Å²) in [5.74, 6) is 1.18. The normalized spacial score (nSPS) is 21.8. The molecule has 1 aromatic rings. The number of hydrogen-bond donors (Lipinski definition) is 2. The number of carbonyl (C=O) groups excluding carboxylic acids is 1. The summed E-state index contributed by atoms with van der Waals surface area (Å²) in [4.78, 5) is 12.2. The molecule has 0 spiro atoms. The van der Waals surface area contributed by atoms with E-state index in [1.165, 1.54) is 24.0 Å². The van der Waals surface area contributed by atoms with Gasteiger partial charge in [0.2, 0.25) is 5.91 Å². The van der Waals surface area contributed by atoms with Crippen LogP contribution in [0, 0.1) is 5.92 Å². The number of rotatable bonds is 6. The molecule has 1 aliphatic carbocycles. The Bertz CT molecular complexity index is 467. The number of benzene rings is 1. The molecule has 3 heteroatoms. The van der Waals surface area contributed by atoms with Gasteiger partial charge in [-0.05, 0) is 48.8 Å². The quantitative estimate of drug-likeness (QED) is 0.846. The van der Waals surface area contributed by atoms with Gasteiger partial charge in [0, 0.05) is 12.5 Å². The van der Waals surface area contributed by atoms with Crippen LogP contribution in [0.5, 0.6) is 0 Å². The van der Waals surface area contributed by atoms with Gasteiger partial charge in [-0.2, -0.15) is 0 Å². The standard InChI is InChI=1S/C19H30N2O/c1-14(2)16-10-7-15(8-11-16)9-12-19(22)21-18-6-4-3-5-17(18)13-20/h7-8,10-11,14,17-18H,3-6,9,12-13,20H2,1-2H3,(H,21,22). The van der Waals surface area contributed by atoms with Crippen LogP contribution in [-0.2, 0) is 11.2 Å². The van der Waals surface area contributed by atoms with Crippen molar-refractivity contribution >= 4 is 5.91 Å². The third kappa shape index (κ3) is 4.84. The molecule has 0 saturated heterocycles. The molecule has 1 saturated carbocycles. The number of aryl methyl sites for hydroxylation is 1. The predicted octanol–water partition coefficient (Wildman–Crippen LogP) is 3.38. The molecule has 1 amide bonds. The van der Waals surface area contributed by atoms with Gasteiger partial charge in [0.05, 0.1) is 0 Å². The SMILES string of the molecule is CC(C)c1ccc(CCC(=O)NC2CCCCC2CN)cc1. The van der Waals surface area contributed by atoms with Gasteiger partial charge < -0.3 is 11.1 Å². The van der Waals surface area contributed by atoms with Crippen molar-refractivity contribution in [2.75, 3.05) is 6.54 Å². The first-order chi connectivity index (χ1) is 10.6. The fourth-order valence-electron chi connectivity index (χ4n) is 3.29. The lowest BCUT2D eigenvalue weighted by atomic mass is 9.84. The largest absolute Gasteiger partial charge is 0.353 e. The van der Waals surface area contributed by atoms with Crippen LogP contribution in [0.25, 0.3) is 0 Å². The summed E-state index contributed by atoms with van der Waals surface area (Å²) in [6.07, 6.45) is 6.06. The Balaban J connectivity index is 1.79. The van der Waals surface area contributed by atoms with E-state index < -0.39 is 0 Å². The minimum atomic E-state index is 0.165. The second-order valence-electron chi connectivity index (χ2n) is 6.85. The Kier molecular flexibility index (Phi) is 6.44. The van der Waals surface area contributed by atoms with Crippen molar-refractivity contribution in [1.29, 1.82) is 0 Å². The van der Waals surface area contributed by atoms with Crippen molar-refractivity contribution in [3.05, 3.63) is 35.4 Å². The van der Waals surface area contributed by atoms with Crippen LogP contribution in [0.3, 0.4) is 0 Å². The van der Waals surface area contributed by atoms with Crippen LogP contribution in [0.2, 0.25) is 0 Å². The Hall–Kier alpha value is -1.35. The van der Waals surface area contributed by atoms with E-state index in [9.17, 15) is 4.79 Å². The smallest absolute Gasteiger partial charge is 0.220 e. The van der Waals surface area contributed by atoms with Gasteiger partial charge in [0.1, 0.15) is 0 Å². The zero-order valence-corrected chi connectivity index (χ0v) is 14.0. The van der Waals surface area contributed by atoms with Crippen molar-refractivity contribution in [2.24, 2.45) is 11.7 Å². The summed E-state index contributed by atoms with van der Waals surface area (Å²) in [6.45, 7) is 5.07. The second kappa shape index (κ2) is 8.33. The average Bonchev–Trinajstić information content (AvgIpc) is 2.54. The lowest BCUT2D eigenvalue weighted by Gasteiger charge is -2.31. The van der Waals surface area contributed by atoms with E-state index in [1.807, 2.05) is 0 Å². The summed E-state index contributed by atoms with van der Waals surface area (Å²) >= 11 is 0. The van der Waals surface area contributed by atoms with E-state index in [0.29, 0.717) is 24.8 Å². The summed E-state index contributed by atoms with van der Waals surface area (Å²) < 4.78 is 0. The maximum absolute atomic E-state index is 12.2. The van der Waals surface area contributed by atoms with E-state index >= 15 is 0 Å². The van der Waals surface area contributed by atoms with Crippen LogP contribution in [-0.4, -0.2) is 18.5 Å². The number of nitrogens with one attached hydrogen (secondary N) is 1. The molecule has 22 heavy (non-hydrogen) atoms. The first kappa shape index (κ1) is 17.0. The Morgan fingerprint density at radius 1 is 1.23 bits per heavy atom. The zero-order chi connectivity index (χ0) is 15.9. The number of carbonyl (C=O) groups is 1. The maximum atomic E-state index is 12.2. The molecule has 2 rings (SSSR count). The fourth-order valence-corrected chi connectivity index (χ4v) is 3.29. The minimum Gasteiger partial charge on any atom is -0.353 e. The Labute approximate surface area is 134 Å². The van der Waals surface area contributed by atoms with Crippen LogP contribution in [0.15, 0.2) is 24.3 Å². The molecule has 2 atom stereocenters. The van der Waals surface area contributed by atoms with E-state index in [0.717, 1.165) is 19.3 Å². The number of hydrogen-bond acceptors (Lipinski definition) is 2. The summed E-state index contributed by atoms with van der Waals surface area (Å²) in [5.41, 5.74) is 8.40. The highest BCUT2D eigenvalue weighted by Gasteiger charge is 2.24. The van der Waals surface area contributed by atoms with Gasteiger partial charge in [0.15, 0.2) is 0 Å². The van der Waals surface area contributed by atoms with Gasteiger partial charge in [-0.3, -0.25) is 4.79 Å². The fraction of sp³-hybridized carbons (Fsp3) is 0.632. The van der Waals surface area contributed by atoms with Crippen LogP contribution < -0.4 is 11.1 Å². The molecule has 122 valence electrons. The highest BCUT2D eigenvalue weighted by Crippen LogP contribution is 2.23. The Morgan fingerprint density at radius 3 is 2.55 bits per heavy atom. The van der Waals surface area contributed by atoms with Crippen LogP contribution in [0.4, 0.5) is 0 Å². The molecule has 0 radical (unpaired) electrons. The van der Waals surface area contributed by atoms with E-state index in [4.69, 9.17) is 5.73 Å². The number of nitrogens with two attached hydrogens (primary N) is 1. The lowest BCUT2D eigenvalue weighted by Crippen LogP contribution is -2.44. The van der Waals surface area contributed by atoms with Gasteiger partial charge in [-0.15, -0.1) is 0 Å². The molecule has 3 nitrogen and oxygen atoms in total. The lowest BCUT2D eigenvalue weighted by molar-refractivity contribution is -0.122. The molecule has 1 fully saturated rings. The summed E-state index contributed by atoms with van der Waals surface area (Å²) in [6, 6.07) is 8.92. The minimum absolute atomic E-state index is 0.165. The third-order valence-electron chi connectivity index (χ3n) is 4.85. The summed E-state index contributed by atoms with van der Waals surface area (Å²) in [5, 5.41) is 3.20. The summed E-state index contributed by atoms with van der Waals surface area (Å²) in [7, 11) is 0. The van der Waals surface area contributed by atoms with Crippen LogP contribution >= 0.6 is 0 Å². The van der Waals surface area contributed by atoms with Gasteiger partial charge >= 0.3 is 0 Å². The highest BCUT2D eigenvalue weighted by molar-refractivity contribution is 5.76. The van der Waals surface area contributed by atoms with Gasteiger partial charge in [-0.1, -0.05) is 51.0 Å². The molecule has 0 aliphatic heterocycles. The number of amides is 1. The molecule has 3 N–H and O–H groups in total. The van der Waals surface area contributed by atoms with Gasteiger partial charge in [-0.25, -0.2) is 0 Å². The van der Waals surface area contributed by atoms with E-state index in [-0.39, 0.29) is 11.9 Å². The molecule has 2 unspecified atom stereocenters. The molecular weight excluding hydrogens is 272 g/mol. The Morgan fingerprint density at radius 2 is 1.91 bits per heavy atom. The van der Waals surface area contributed by atoms with E-state index in [1.54, 1.807) is 0 Å². The highest BCUT2D eigenvalue weighted by atomic mass is 16.1. The molecule has 0 aromatic heterocycles. The molecule has 1 aliphatic rings. The van der Waals surface area contributed by atoms with Crippen LogP contribution in [0.1, 0.15) is 63.0 Å². The maximum Gasteiger partial charge on any atom is 0.220 e. The monoisotopic (exact) mass is 302 g/mol. The first-order valence-corrected chi connectivity index (χ1v) is 8.68. The molecule has 0 bridgehead atoms.